The molecule has 2 N–H and O–H groups in total. The number of carbonyl (C=O) groups excluding carboxylic acids is 1. The fourth-order valence-corrected chi connectivity index (χ4v) is 2.11. The molecule has 2 rings (SSSR count). The standard InChI is InChI=1S/C16H12Cl2N4O2/c1-24-14-5-4-11(17)7-13(14)22-16(23)10(8-19)9-21-12-3-2-6-20-15(12)18/h2-7,9,21H,1H3,(H,22,23)/b10-9-. The first kappa shape index (κ1) is 17.6. The van der Waals surface area contributed by atoms with Gasteiger partial charge in [-0.15, -0.1) is 0 Å². The predicted molar refractivity (Wildman–Crippen MR) is 93.2 cm³/mol. The van der Waals surface area contributed by atoms with E-state index in [-0.39, 0.29) is 10.7 Å². The summed E-state index contributed by atoms with van der Waals surface area (Å²) in [6.45, 7) is 0. The first-order valence-electron chi connectivity index (χ1n) is 6.67. The lowest BCUT2D eigenvalue weighted by Crippen LogP contribution is -2.15. The van der Waals surface area contributed by atoms with Gasteiger partial charge in [0, 0.05) is 17.4 Å². The Labute approximate surface area is 148 Å². The Hall–Kier alpha value is -2.75. The first-order chi connectivity index (χ1) is 11.5. The van der Waals surface area contributed by atoms with Crippen molar-refractivity contribution >= 4 is 40.5 Å². The van der Waals surface area contributed by atoms with Crippen molar-refractivity contribution in [1.82, 2.24) is 4.98 Å². The molecular weight excluding hydrogens is 351 g/mol. The largest absolute Gasteiger partial charge is 0.495 e. The van der Waals surface area contributed by atoms with Crippen molar-refractivity contribution in [3.8, 4) is 11.8 Å². The number of halogens is 2. The molecule has 24 heavy (non-hydrogen) atoms. The van der Waals surface area contributed by atoms with Gasteiger partial charge < -0.3 is 15.4 Å². The number of pyridine rings is 1. The van der Waals surface area contributed by atoms with E-state index >= 15 is 0 Å². The highest BCUT2D eigenvalue weighted by molar-refractivity contribution is 6.32. The number of aromatic nitrogens is 1. The summed E-state index contributed by atoms with van der Waals surface area (Å²) in [5.74, 6) is -0.195. The molecule has 0 spiro atoms. The third-order valence-corrected chi connectivity index (χ3v) is 3.44. The van der Waals surface area contributed by atoms with E-state index in [1.807, 2.05) is 6.07 Å². The lowest BCUT2D eigenvalue weighted by Gasteiger charge is -2.10. The van der Waals surface area contributed by atoms with Crippen molar-refractivity contribution in [2.45, 2.75) is 0 Å². The van der Waals surface area contributed by atoms with Gasteiger partial charge in [-0.3, -0.25) is 4.79 Å². The quantitative estimate of drug-likeness (QED) is 0.479. The Balaban J connectivity index is 2.18. The van der Waals surface area contributed by atoms with Gasteiger partial charge in [0.15, 0.2) is 5.15 Å². The molecule has 2 aromatic rings. The summed E-state index contributed by atoms with van der Waals surface area (Å²) in [5, 5.41) is 15.2. The SMILES string of the molecule is COc1ccc(Cl)cc1NC(=O)/C(C#N)=C\Nc1cccnc1Cl. The number of carbonyl (C=O) groups is 1. The van der Waals surface area contributed by atoms with E-state index in [0.29, 0.717) is 22.1 Å². The van der Waals surface area contributed by atoms with Crippen LogP contribution in [0.4, 0.5) is 11.4 Å². The third-order valence-electron chi connectivity index (χ3n) is 2.91. The van der Waals surface area contributed by atoms with Gasteiger partial charge in [-0.1, -0.05) is 23.2 Å². The van der Waals surface area contributed by atoms with Gasteiger partial charge >= 0.3 is 0 Å². The summed E-state index contributed by atoms with van der Waals surface area (Å²) in [7, 11) is 1.46. The number of hydrogen-bond acceptors (Lipinski definition) is 5. The Bertz CT molecular complexity index is 831. The van der Waals surface area contributed by atoms with Gasteiger partial charge in [-0.2, -0.15) is 5.26 Å². The maximum absolute atomic E-state index is 12.2. The molecule has 0 fully saturated rings. The van der Waals surface area contributed by atoms with Crippen LogP contribution in [0.3, 0.4) is 0 Å². The maximum atomic E-state index is 12.2. The molecule has 0 aliphatic carbocycles. The second kappa shape index (κ2) is 8.20. The van der Waals surface area contributed by atoms with Gasteiger partial charge in [-0.25, -0.2) is 4.98 Å². The summed E-state index contributed by atoms with van der Waals surface area (Å²) in [6, 6.07) is 9.92. The van der Waals surface area contributed by atoms with E-state index in [2.05, 4.69) is 15.6 Å². The van der Waals surface area contributed by atoms with Crippen LogP contribution in [0.1, 0.15) is 0 Å². The van der Waals surface area contributed by atoms with Crippen LogP contribution in [0.15, 0.2) is 48.3 Å². The number of nitrogens with zero attached hydrogens (tertiary/aromatic N) is 2. The van der Waals surface area contributed by atoms with E-state index in [4.69, 9.17) is 27.9 Å². The van der Waals surface area contributed by atoms with Crippen molar-refractivity contribution < 1.29 is 9.53 Å². The van der Waals surface area contributed by atoms with Crippen LogP contribution < -0.4 is 15.4 Å². The Morgan fingerprint density at radius 3 is 2.79 bits per heavy atom. The van der Waals surface area contributed by atoms with Crippen molar-refractivity contribution in [3.05, 3.63) is 58.5 Å². The zero-order chi connectivity index (χ0) is 17.5. The number of anilines is 2. The van der Waals surface area contributed by atoms with Crippen molar-refractivity contribution in [2.24, 2.45) is 0 Å². The second-order valence-electron chi connectivity index (χ2n) is 4.45. The lowest BCUT2D eigenvalue weighted by molar-refractivity contribution is -0.112. The minimum absolute atomic E-state index is 0.156. The van der Waals surface area contributed by atoms with Gasteiger partial charge in [0.1, 0.15) is 17.4 Å². The second-order valence-corrected chi connectivity index (χ2v) is 5.25. The number of rotatable bonds is 5. The summed E-state index contributed by atoms with van der Waals surface area (Å²) < 4.78 is 5.14. The van der Waals surface area contributed by atoms with Gasteiger partial charge in [0.2, 0.25) is 0 Å². The molecule has 0 unspecified atom stereocenters. The molecular formula is C16H12Cl2N4O2. The van der Waals surface area contributed by atoms with E-state index in [0.717, 1.165) is 0 Å². The van der Waals surface area contributed by atoms with Gasteiger partial charge in [-0.05, 0) is 30.3 Å². The molecule has 0 saturated heterocycles. The highest BCUT2D eigenvalue weighted by Gasteiger charge is 2.13. The van der Waals surface area contributed by atoms with Gasteiger partial charge in [0.05, 0.1) is 18.5 Å². The summed E-state index contributed by atoms with van der Waals surface area (Å²) >= 11 is 11.8. The van der Waals surface area contributed by atoms with E-state index in [1.54, 1.807) is 24.3 Å². The Morgan fingerprint density at radius 2 is 2.12 bits per heavy atom. The number of amides is 1. The first-order valence-corrected chi connectivity index (χ1v) is 7.43. The van der Waals surface area contributed by atoms with E-state index < -0.39 is 5.91 Å². The zero-order valence-electron chi connectivity index (χ0n) is 12.5. The van der Waals surface area contributed by atoms with Crippen molar-refractivity contribution in [3.63, 3.8) is 0 Å². The molecule has 1 heterocycles. The molecule has 0 atom stereocenters. The molecule has 6 nitrogen and oxygen atoms in total. The topological polar surface area (TPSA) is 87.0 Å². The van der Waals surface area contributed by atoms with E-state index in [1.165, 1.54) is 25.6 Å². The van der Waals surface area contributed by atoms with Crippen molar-refractivity contribution in [2.75, 3.05) is 17.7 Å². The van der Waals surface area contributed by atoms with Crippen LogP contribution in [0, 0.1) is 11.3 Å². The van der Waals surface area contributed by atoms with Crippen LogP contribution >= 0.6 is 23.2 Å². The number of methoxy groups -OCH3 is 1. The molecule has 1 aromatic carbocycles. The highest BCUT2D eigenvalue weighted by atomic mass is 35.5. The Kier molecular flexibility index (Phi) is 6.01. The monoisotopic (exact) mass is 362 g/mol. The zero-order valence-corrected chi connectivity index (χ0v) is 14.0. The number of benzene rings is 1. The van der Waals surface area contributed by atoms with Gasteiger partial charge in [0.25, 0.3) is 5.91 Å². The molecule has 0 aliphatic rings. The van der Waals surface area contributed by atoms with E-state index in [9.17, 15) is 10.1 Å². The predicted octanol–water partition coefficient (Wildman–Crippen LogP) is 3.86. The number of nitriles is 1. The molecule has 1 aromatic heterocycles. The number of ether oxygens (including phenoxy) is 1. The molecule has 0 bridgehead atoms. The Morgan fingerprint density at radius 1 is 1.33 bits per heavy atom. The number of nitrogens with one attached hydrogen (secondary N) is 2. The fourth-order valence-electron chi connectivity index (χ4n) is 1.76. The molecule has 8 heteroatoms. The summed E-state index contributed by atoms with van der Waals surface area (Å²) in [6.07, 6.45) is 2.77. The molecule has 0 radical (unpaired) electrons. The van der Waals surface area contributed by atoms with Crippen LogP contribution in [0.2, 0.25) is 10.2 Å². The number of hydrogen-bond donors (Lipinski definition) is 2. The lowest BCUT2D eigenvalue weighted by atomic mass is 10.2. The molecule has 122 valence electrons. The van der Waals surface area contributed by atoms with Crippen LogP contribution in [0.5, 0.6) is 5.75 Å². The highest BCUT2D eigenvalue weighted by Crippen LogP contribution is 2.28. The normalized spacial score (nSPS) is 10.7. The maximum Gasteiger partial charge on any atom is 0.267 e. The van der Waals surface area contributed by atoms with Crippen LogP contribution in [-0.2, 0) is 4.79 Å². The summed E-state index contributed by atoms with van der Waals surface area (Å²) in [5.41, 5.74) is 0.674. The summed E-state index contributed by atoms with van der Waals surface area (Å²) in [4.78, 5) is 16.1. The molecule has 0 aliphatic heterocycles. The van der Waals surface area contributed by atoms with Crippen LogP contribution in [0.25, 0.3) is 0 Å². The third kappa shape index (κ3) is 4.38. The average Bonchev–Trinajstić information content (AvgIpc) is 2.57. The minimum atomic E-state index is -0.620. The fraction of sp³-hybridized carbons (Fsp3) is 0.0625. The minimum Gasteiger partial charge on any atom is -0.495 e. The van der Waals surface area contributed by atoms with Crippen LogP contribution in [-0.4, -0.2) is 18.0 Å². The smallest absolute Gasteiger partial charge is 0.267 e. The van der Waals surface area contributed by atoms with Crippen molar-refractivity contribution in [1.29, 1.82) is 5.26 Å². The molecule has 1 amide bonds. The molecule has 0 saturated carbocycles. The average molecular weight is 363 g/mol.